The summed E-state index contributed by atoms with van der Waals surface area (Å²) in [4.78, 5) is 24.7. The van der Waals surface area contributed by atoms with Gasteiger partial charge in [-0.25, -0.2) is 13.6 Å². The van der Waals surface area contributed by atoms with Gasteiger partial charge in [-0.15, -0.1) is 11.3 Å². The lowest BCUT2D eigenvalue weighted by atomic mass is 9.88. The smallest absolute Gasteiger partial charge is 0.346 e. The van der Waals surface area contributed by atoms with E-state index in [0.29, 0.717) is 21.7 Å². The molecule has 2 aromatic carbocycles. The minimum Gasteiger partial charge on any atom is -0.477 e. The molecule has 27 heavy (non-hydrogen) atoms. The number of nitrogens with one attached hydrogen (secondary N) is 1. The maximum Gasteiger partial charge on any atom is 0.346 e. The zero-order valence-corrected chi connectivity index (χ0v) is 14.6. The Labute approximate surface area is 157 Å². The predicted molar refractivity (Wildman–Crippen MR) is 98.2 cm³/mol. The molecule has 0 saturated carbocycles. The van der Waals surface area contributed by atoms with Crippen LogP contribution in [0.2, 0.25) is 0 Å². The Bertz CT molecular complexity index is 1080. The summed E-state index contributed by atoms with van der Waals surface area (Å²) in [5, 5.41) is 12.4. The van der Waals surface area contributed by atoms with E-state index in [9.17, 15) is 23.5 Å². The molecule has 0 bridgehead atoms. The third-order valence-electron chi connectivity index (χ3n) is 4.49. The number of amides is 1. The summed E-state index contributed by atoms with van der Waals surface area (Å²) in [7, 11) is 0. The lowest BCUT2D eigenvalue weighted by Gasteiger charge is -2.24. The molecule has 1 aromatic heterocycles. The molecule has 3 aromatic rings. The van der Waals surface area contributed by atoms with Crippen LogP contribution in [0.1, 0.15) is 32.5 Å². The van der Waals surface area contributed by atoms with Crippen molar-refractivity contribution in [3.8, 4) is 11.1 Å². The van der Waals surface area contributed by atoms with E-state index in [4.69, 9.17) is 0 Å². The third-order valence-corrected chi connectivity index (χ3v) is 5.79. The van der Waals surface area contributed by atoms with Crippen LogP contribution in [0.4, 0.5) is 14.5 Å². The van der Waals surface area contributed by atoms with Gasteiger partial charge in [-0.1, -0.05) is 30.3 Å². The number of aromatic carboxylic acids is 1. The third kappa shape index (κ3) is 3.00. The number of thiophene rings is 1. The number of anilines is 1. The Hall–Kier alpha value is -3.06. The minimum absolute atomic E-state index is 0.0100. The molecule has 1 atom stereocenters. The number of carboxylic acid groups (broad SMARTS) is 1. The Morgan fingerprint density at radius 1 is 1.15 bits per heavy atom. The summed E-state index contributed by atoms with van der Waals surface area (Å²) in [5.74, 6) is -3.10. The van der Waals surface area contributed by atoms with E-state index in [2.05, 4.69) is 5.32 Å². The normalized spacial score (nSPS) is 15.9. The highest BCUT2D eigenvalue weighted by molar-refractivity contribution is 7.15. The number of carbonyl (C=O) groups excluding carboxylic acids is 1. The maximum atomic E-state index is 14.3. The second-order valence-electron chi connectivity index (χ2n) is 6.19. The molecule has 1 unspecified atom stereocenters. The lowest BCUT2D eigenvalue weighted by Crippen LogP contribution is -2.23. The average Bonchev–Trinajstić information content (AvgIpc) is 3.01. The van der Waals surface area contributed by atoms with Gasteiger partial charge in [0, 0.05) is 22.8 Å². The molecule has 2 heterocycles. The second-order valence-corrected chi connectivity index (χ2v) is 7.24. The van der Waals surface area contributed by atoms with Crippen molar-refractivity contribution in [3.05, 3.63) is 75.5 Å². The van der Waals surface area contributed by atoms with E-state index in [0.717, 1.165) is 11.3 Å². The first-order valence-electron chi connectivity index (χ1n) is 8.16. The van der Waals surface area contributed by atoms with Crippen molar-refractivity contribution in [3.63, 3.8) is 0 Å². The number of carbonyl (C=O) groups is 2. The molecule has 1 aliphatic heterocycles. The van der Waals surface area contributed by atoms with E-state index in [1.807, 2.05) is 0 Å². The number of halogens is 2. The fraction of sp³-hybridized carbons (Fsp3) is 0.100. The fourth-order valence-electron chi connectivity index (χ4n) is 3.37. The molecule has 7 heteroatoms. The number of carboxylic acids is 1. The van der Waals surface area contributed by atoms with Gasteiger partial charge in [0.1, 0.15) is 16.5 Å². The number of benzene rings is 2. The van der Waals surface area contributed by atoms with E-state index in [-0.39, 0.29) is 22.8 Å². The van der Waals surface area contributed by atoms with Crippen molar-refractivity contribution in [2.75, 3.05) is 5.32 Å². The van der Waals surface area contributed by atoms with Gasteiger partial charge in [-0.2, -0.15) is 0 Å². The van der Waals surface area contributed by atoms with Crippen molar-refractivity contribution < 1.29 is 23.5 Å². The van der Waals surface area contributed by atoms with Gasteiger partial charge in [-0.05, 0) is 29.3 Å². The summed E-state index contributed by atoms with van der Waals surface area (Å²) in [6, 6.07) is 11.6. The van der Waals surface area contributed by atoms with E-state index in [1.165, 1.54) is 24.3 Å². The molecule has 0 fully saturated rings. The van der Waals surface area contributed by atoms with Crippen LogP contribution in [0, 0.1) is 11.6 Å². The molecule has 4 nitrogen and oxygen atoms in total. The Balaban J connectivity index is 1.97. The molecule has 0 spiro atoms. The number of hydrogen-bond acceptors (Lipinski definition) is 3. The Kier molecular flexibility index (Phi) is 4.24. The Morgan fingerprint density at radius 2 is 1.93 bits per heavy atom. The van der Waals surface area contributed by atoms with Crippen molar-refractivity contribution >= 4 is 28.9 Å². The standard InChI is InChI=1S/C20H13F2NO3S/c21-11-5-3-4-10(8-11)16-17-18(27-19(16)20(25)26)13(9-15(24)23-17)12-6-1-2-7-14(12)22/h1-8,13H,9H2,(H,23,24)(H,25,26). The van der Waals surface area contributed by atoms with Gasteiger partial charge >= 0.3 is 5.97 Å². The lowest BCUT2D eigenvalue weighted by molar-refractivity contribution is -0.116. The van der Waals surface area contributed by atoms with Crippen LogP contribution in [0.15, 0.2) is 48.5 Å². The summed E-state index contributed by atoms with van der Waals surface area (Å²) in [5.41, 5.74) is 1.24. The fourth-order valence-corrected chi connectivity index (χ4v) is 4.60. The van der Waals surface area contributed by atoms with Crippen LogP contribution in [-0.2, 0) is 4.79 Å². The van der Waals surface area contributed by atoms with E-state index < -0.39 is 23.5 Å². The predicted octanol–water partition coefficient (Wildman–Crippen LogP) is 4.87. The van der Waals surface area contributed by atoms with Crippen molar-refractivity contribution in [2.24, 2.45) is 0 Å². The largest absolute Gasteiger partial charge is 0.477 e. The molecule has 4 rings (SSSR count). The molecule has 0 aliphatic carbocycles. The van der Waals surface area contributed by atoms with Crippen LogP contribution in [0.5, 0.6) is 0 Å². The first kappa shape index (κ1) is 17.4. The van der Waals surface area contributed by atoms with Crippen molar-refractivity contribution in [1.82, 2.24) is 0 Å². The monoisotopic (exact) mass is 385 g/mol. The minimum atomic E-state index is -1.19. The number of hydrogen-bond donors (Lipinski definition) is 2. The van der Waals surface area contributed by atoms with E-state index in [1.54, 1.807) is 24.3 Å². The Morgan fingerprint density at radius 3 is 2.63 bits per heavy atom. The summed E-state index contributed by atoms with van der Waals surface area (Å²) in [6.07, 6.45) is 0.0100. The highest BCUT2D eigenvalue weighted by Crippen LogP contribution is 2.49. The second kappa shape index (κ2) is 6.59. The van der Waals surface area contributed by atoms with Crippen molar-refractivity contribution in [1.29, 1.82) is 0 Å². The zero-order chi connectivity index (χ0) is 19.1. The van der Waals surface area contributed by atoms with Gasteiger partial charge in [0.05, 0.1) is 5.69 Å². The summed E-state index contributed by atoms with van der Waals surface area (Å²) < 4.78 is 28.1. The van der Waals surface area contributed by atoms with Gasteiger partial charge in [0.15, 0.2) is 0 Å². The van der Waals surface area contributed by atoms with Crippen molar-refractivity contribution in [2.45, 2.75) is 12.3 Å². The molecule has 1 amide bonds. The summed E-state index contributed by atoms with van der Waals surface area (Å²) in [6.45, 7) is 0. The quantitative estimate of drug-likeness (QED) is 0.676. The zero-order valence-electron chi connectivity index (χ0n) is 13.8. The van der Waals surface area contributed by atoms with Crippen LogP contribution in [0.25, 0.3) is 11.1 Å². The van der Waals surface area contributed by atoms with Crippen LogP contribution < -0.4 is 5.32 Å². The first-order valence-corrected chi connectivity index (χ1v) is 8.97. The summed E-state index contributed by atoms with van der Waals surface area (Å²) >= 11 is 0.981. The van der Waals surface area contributed by atoms with E-state index >= 15 is 0 Å². The molecular weight excluding hydrogens is 372 g/mol. The number of rotatable bonds is 3. The molecule has 2 N–H and O–H groups in total. The average molecular weight is 385 g/mol. The molecule has 1 aliphatic rings. The van der Waals surface area contributed by atoms with Gasteiger partial charge in [0.25, 0.3) is 0 Å². The molecule has 0 saturated heterocycles. The van der Waals surface area contributed by atoms with Crippen LogP contribution >= 0.6 is 11.3 Å². The maximum absolute atomic E-state index is 14.3. The SMILES string of the molecule is O=C1CC(c2ccccc2F)c2sc(C(=O)O)c(-c3cccc(F)c3)c2N1. The highest BCUT2D eigenvalue weighted by Gasteiger charge is 2.35. The van der Waals surface area contributed by atoms with Crippen LogP contribution in [-0.4, -0.2) is 17.0 Å². The van der Waals surface area contributed by atoms with Gasteiger partial charge in [-0.3, -0.25) is 4.79 Å². The molecular formula is C20H13F2NO3S. The molecule has 0 radical (unpaired) electrons. The number of fused-ring (bicyclic) bond motifs is 1. The van der Waals surface area contributed by atoms with Gasteiger partial charge in [0.2, 0.25) is 5.91 Å². The molecule has 136 valence electrons. The van der Waals surface area contributed by atoms with Crippen LogP contribution in [0.3, 0.4) is 0 Å². The topological polar surface area (TPSA) is 66.4 Å². The first-order chi connectivity index (χ1) is 13.0. The highest BCUT2D eigenvalue weighted by atomic mass is 32.1. The van der Waals surface area contributed by atoms with Gasteiger partial charge < -0.3 is 10.4 Å².